The molecule has 0 bridgehead atoms. The number of morpholine rings is 1. The molecule has 0 unspecified atom stereocenters. The van der Waals surface area contributed by atoms with Crippen LogP contribution in [-0.4, -0.2) is 84.0 Å². The van der Waals surface area contributed by atoms with Crippen LogP contribution in [-0.2, 0) is 27.9 Å². The number of hydrogen-bond acceptors (Lipinski definition) is 5. The molecule has 4 heterocycles. The van der Waals surface area contributed by atoms with Gasteiger partial charge in [0.15, 0.2) is 5.69 Å². The summed E-state index contributed by atoms with van der Waals surface area (Å²) in [6.45, 7) is 4.03. The van der Waals surface area contributed by atoms with Crippen LogP contribution in [0.1, 0.15) is 47.4 Å². The van der Waals surface area contributed by atoms with Crippen LogP contribution in [0.3, 0.4) is 0 Å². The van der Waals surface area contributed by atoms with Crippen molar-refractivity contribution in [3.8, 4) is 0 Å². The van der Waals surface area contributed by atoms with Gasteiger partial charge >= 0.3 is 0 Å². The summed E-state index contributed by atoms with van der Waals surface area (Å²) in [6.07, 6.45) is 4.51. The van der Waals surface area contributed by atoms with E-state index >= 15 is 0 Å². The SMILES string of the molecule is O=C(c1n[nH]c2c1CCN(S(=O)(=O)N1CCCCCC1)C2)N1CCOCC1. The predicted molar refractivity (Wildman–Crippen MR) is 98.4 cm³/mol. The molecular weight excluding hydrogens is 370 g/mol. The molecule has 1 N–H and O–H groups in total. The molecule has 10 heteroatoms. The van der Waals surface area contributed by atoms with Crippen molar-refractivity contribution in [3.63, 3.8) is 0 Å². The third-order valence-corrected chi connectivity index (χ3v) is 7.60. The molecule has 0 aromatic carbocycles. The van der Waals surface area contributed by atoms with Gasteiger partial charge in [0.2, 0.25) is 0 Å². The highest BCUT2D eigenvalue weighted by molar-refractivity contribution is 7.86. The average molecular weight is 398 g/mol. The number of aromatic amines is 1. The number of rotatable bonds is 3. The van der Waals surface area contributed by atoms with E-state index in [-0.39, 0.29) is 12.5 Å². The van der Waals surface area contributed by atoms with Gasteiger partial charge in [0, 0.05) is 38.3 Å². The second-order valence-corrected chi connectivity index (χ2v) is 9.27. The van der Waals surface area contributed by atoms with E-state index in [0.717, 1.165) is 36.9 Å². The van der Waals surface area contributed by atoms with Crippen LogP contribution in [0, 0.1) is 0 Å². The van der Waals surface area contributed by atoms with Gasteiger partial charge in [0.25, 0.3) is 16.1 Å². The Balaban J connectivity index is 1.49. The van der Waals surface area contributed by atoms with E-state index in [1.807, 2.05) is 0 Å². The summed E-state index contributed by atoms with van der Waals surface area (Å²) in [5.41, 5.74) is 2.02. The smallest absolute Gasteiger partial charge is 0.282 e. The predicted octanol–water partition coefficient (Wildman–Crippen LogP) is 0.361. The molecule has 0 aliphatic carbocycles. The lowest BCUT2D eigenvalue weighted by Gasteiger charge is -2.31. The molecular formula is C17H27N5O4S. The molecule has 9 nitrogen and oxygen atoms in total. The summed E-state index contributed by atoms with van der Waals surface area (Å²) in [7, 11) is -3.48. The molecule has 0 spiro atoms. The van der Waals surface area contributed by atoms with Crippen LogP contribution < -0.4 is 0 Å². The van der Waals surface area contributed by atoms with Gasteiger partial charge in [-0.2, -0.15) is 22.1 Å². The van der Waals surface area contributed by atoms with Gasteiger partial charge in [-0.15, -0.1) is 0 Å². The van der Waals surface area contributed by atoms with Crippen LogP contribution in [0.2, 0.25) is 0 Å². The van der Waals surface area contributed by atoms with E-state index in [1.165, 1.54) is 4.31 Å². The second-order valence-electron chi connectivity index (χ2n) is 7.34. The third-order valence-electron chi connectivity index (χ3n) is 5.62. The Morgan fingerprint density at radius 3 is 2.37 bits per heavy atom. The lowest BCUT2D eigenvalue weighted by Crippen LogP contribution is -2.46. The monoisotopic (exact) mass is 397 g/mol. The molecule has 4 rings (SSSR count). The van der Waals surface area contributed by atoms with Crippen LogP contribution in [0.5, 0.6) is 0 Å². The normalized spacial score (nSPS) is 23.0. The van der Waals surface area contributed by atoms with Crippen LogP contribution in [0.4, 0.5) is 0 Å². The van der Waals surface area contributed by atoms with Crippen molar-refractivity contribution in [2.45, 2.75) is 38.6 Å². The molecule has 1 aromatic heterocycles. The number of H-pyrrole nitrogens is 1. The fourth-order valence-corrected chi connectivity index (χ4v) is 5.68. The topological polar surface area (TPSA) is 98.8 Å². The van der Waals surface area contributed by atoms with Crippen molar-refractivity contribution in [1.82, 2.24) is 23.7 Å². The number of fused-ring (bicyclic) bond motifs is 1. The number of aromatic nitrogens is 2. The molecule has 0 saturated carbocycles. The summed E-state index contributed by atoms with van der Waals surface area (Å²) < 4.78 is 34.5. The van der Waals surface area contributed by atoms with Crippen molar-refractivity contribution >= 4 is 16.1 Å². The van der Waals surface area contributed by atoms with Gasteiger partial charge < -0.3 is 9.64 Å². The van der Waals surface area contributed by atoms with Crippen molar-refractivity contribution in [2.24, 2.45) is 0 Å². The zero-order valence-corrected chi connectivity index (χ0v) is 16.3. The van der Waals surface area contributed by atoms with Gasteiger partial charge in [-0.25, -0.2) is 0 Å². The molecule has 2 saturated heterocycles. The Hall–Kier alpha value is -1.49. The van der Waals surface area contributed by atoms with E-state index < -0.39 is 10.2 Å². The minimum Gasteiger partial charge on any atom is -0.378 e. The molecule has 0 atom stereocenters. The molecule has 0 radical (unpaired) electrons. The summed E-state index contributed by atoms with van der Waals surface area (Å²) >= 11 is 0. The Bertz CT molecular complexity index is 779. The fraction of sp³-hybridized carbons (Fsp3) is 0.765. The van der Waals surface area contributed by atoms with E-state index in [2.05, 4.69) is 10.2 Å². The van der Waals surface area contributed by atoms with Gasteiger partial charge in [0.1, 0.15) is 0 Å². The number of ether oxygens (including phenoxy) is 1. The standard InChI is InChI=1S/C17H27N5O4S/c23-17(20-9-11-26-12-10-20)16-14-5-8-22(13-15(14)18-19-16)27(24,25)21-6-3-1-2-4-7-21/h1-13H2,(H,18,19). The third kappa shape index (κ3) is 3.75. The van der Waals surface area contributed by atoms with E-state index in [0.29, 0.717) is 58.1 Å². The zero-order chi connectivity index (χ0) is 18.9. The van der Waals surface area contributed by atoms with Crippen molar-refractivity contribution < 1.29 is 17.9 Å². The van der Waals surface area contributed by atoms with Crippen LogP contribution in [0.25, 0.3) is 0 Å². The van der Waals surface area contributed by atoms with Gasteiger partial charge in [-0.3, -0.25) is 9.89 Å². The highest BCUT2D eigenvalue weighted by Gasteiger charge is 2.35. The van der Waals surface area contributed by atoms with Crippen LogP contribution >= 0.6 is 0 Å². The first kappa shape index (κ1) is 18.9. The highest BCUT2D eigenvalue weighted by atomic mass is 32.2. The number of nitrogens with zero attached hydrogens (tertiary/aromatic N) is 4. The number of hydrogen-bond donors (Lipinski definition) is 1. The Kier molecular flexibility index (Phi) is 5.49. The maximum absolute atomic E-state index is 13.0. The minimum absolute atomic E-state index is 0.0976. The quantitative estimate of drug-likeness (QED) is 0.794. The Labute approximate surface area is 159 Å². The molecule has 2 fully saturated rings. The molecule has 150 valence electrons. The highest BCUT2D eigenvalue weighted by Crippen LogP contribution is 2.26. The first-order valence-corrected chi connectivity index (χ1v) is 11.2. The van der Waals surface area contributed by atoms with E-state index in [1.54, 1.807) is 9.21 Å². The summed E-state index contributed by atoms with van der Waals surface area (Å²) in [6, 6.07) is 0. The Morgan fingerprint density at radius 1 is 0.963 bits per heavy atom. The number of carbonyl (C=O) groups excluding carboxylic acids is 1. The largest absolute Gasteiger partial charge is 0.378 e. The molecule has 1 amide bonds. The van der Waals surface area contributed by atoms with E-state index in [9.17, 15) is 13.2 Å². The lowest BCUT2D eigenvalue weighted by atomic mass is 10.1. The summed E-state index contributed by atoms with van der Waals surface area (Å²) in [4.78, 5) is 14.5. The van der Waals surface area contributed by atoms with Crippen molar-refractivity contribution in [3.05, 3.63) is 17.0 Å². The van der Waals surface area contributed by atoms with Crippen molar-refractivity contribution in [2.75, 3.05) is 45.9 Å². The number of carbonyl (C=O) groups is 1. The first-order valence-electron chi connectivity index (χ1n) is 9.76. The zero-order valence-electron chi connectivity index (χ0n) is 15.5. The van der Waals surface area contributed by atoms with E-state index in [4.69, 9.17) is 4.74 Å². The second kappa shape index (κ2) is 7.86. The molecule has 27 heavy (non-hydrogen) atoms. The number of nitrogens with one attached hydrogen (secondary N) is 1. The van der Waals surface area contributed by atoms with Gasteiger partial charge in [-0.05, 0) is 19.3 Å². The average Bonchev–Trinajstić information content (AvgIpc) is 2.91. The lowest BCUT2D eigenvalue weighted by molar-refractivity contribution is 0.0298. The minimum atomic E-state index is -3.48. The number of amides is 1. The molecule has 3 aliphatic rings. The summed E-state index contributed by atoms with van der Waals surface area (Å²) in [5, 5.41) is 7.14. The fourth-order valence-electron chi connectivity index (χ4n) is 4.02. The molecule has 1 aromatic rings. The Morgan fingerprint density at radius 2 is 1.67 bits per heavy atom. The summed E-state index contributed by atoms with van der Waals surface area (Å²) in [5.74, 6) is -0.0976. The maximum Gasteiger partial charge on any atom is 0.282 e. The van der Waals surface area contributed by atoms with Crippen LogP contribution in [0.15, 0.2) is 0 Å². The maximum atomic E-state index is 13.0. The first-order chi connectivity index (χ1) is 13.1. The van der Waals surface area contributed by atoms with Gasteiger partial charge in [-0.1, -0.05) is 12.8 Å². The van der Waals surface area contributed by atoms with Gasteiger partial charge in [0.05, 0.1) is 25.5 Å². The molecule has 3 aliphatic heterocycles. The van der Waals surface area contributed by atoms with Crippen molar-refractivity contribution in [1.29, 1.82) is 0 Å².